The molecule has 4 rings (SSSR count). The van der Waals surface area contributed by atoms with Crippen LogP contribution >= 0.6 is 11.6 Å². The van der Waals surface area contributed by atoms with Crippen molar-refractivity contribution in [2.75, 3.05) is 25.6 Å². The molecule has 0 aliphatic carbocycles. The molecule has 4 aromatic rings. The van der Waals surface area contributed by atoms with Crippen LogP contribution in [-0.2, 0) is 9.47 Å². The first kappa shape index (κ1) is 18.9. The lowest BCUT2D eigenvalue weighted by Gasteiger charge is -2.06. The Bertz CT molecular complexity index is 1270. The average Bonchev–Trinajstić information content (AvgIpc) is 3.11. The molecule has 2 heterocycles. The molecule has 2 aromatic heterocycles. The van der Waals surface area contributed by atoms with E-state index < -0.39 is 6.09 Å². The van der Waals surface area contributed by atoms with Gasteiger partial charge in [0.25, 0.3) is 5.56 Å². The fourth-order valence-corrected chi connectivity index (χ4v) is 3.21. The molecule has 0 fully saturated rings. The van der Waals surface area contributed by atoms with Gasteiger partial charge in [0, 0.05) is 18.1 Å². The summed E-state index contributed by atoms with van der Waals surface area (Å²) in [5, 5.41) is 10.8. The average molecular weight is 414 g/mol. The lowest BCUT2D eigenvalue weighted by atomic mass is 10.0. The minimum Gasteiger partial charge on any atom is -0.447 e. The number of hydrogen-bond donors (Lipinski definition) is 3. The van der Waals surface area contributed by atoms with E-state index in [1.807, 2.05) is 12.1 Å². The van der Waals surface area contributed by atoms with Crippen LogP contribution < -0.4 is 10.9 Å². The van der Waals surface area contributed by atoms with Gasteiger partial charge in [-0.3, -0.25) is 10.1 Å². The molecule has 148 valence electrons. The number of nitrogens with one attached hydrogen (secondary N) is 3. The molecule has 0 aliphatic heterocycles. The smallest absolute Gasteiger partial charge is 0.414 e. The van der Waals surface area contributed by atoms with E-state index >= 15 is 0 Å². The van der Waals surface area contributed by atoms with Gasteiger partial charge in [-0.25, -0.2) is 14.9 Å². The molecular weight excluding hydrogens is 398 g/mol. The minimum absolute atomic E-state index is 0.123. The van der Waals surface area contributed by atoms with Crippen LogP contribution in [0, 0.1) is 0 Å². The predicted octanol–water partition coefficient (Wildman–Crippen LogP) is 3.31. The number of hydrogen-bond acceptors (Lipinski definition) is 6. The van der Waals surface area contributed by atoms with Gasteiger partial charge in [0.05, 0.1) is 33.7 Å². The van der Waals surface area contributed by atoms with E-state index in [0.717, 1.165) is 0 Å². The SMILES string of the molecule is COCCOC(=O)Nc1nc2cc(-c3n[nH]c(=O)c4ccccc34)cc(Cl)c2[nH]1. The highest BCUT2D eigenvalue weighted by Gasteiger charge is 2.14. The molecule has 1 amide bonds. The van der Waals surface area contributed by atoms with Gasteiger partial charge in [-0.15, -0.1) is 0 Å². The van der Waals surface area contributed by atoms with Crippen LogP contribution in [0.1, 0.15) is 0 Å². The van der Waals surface area contributed by atoms with Crippen molar-refractivity contribution < 1.29 is 14.3 Å². The number of carbonyl (C=O) groups is 1. The van der Waals surface area contributed by atoms with Gasteiger partial charge in [-0.05, 0) is 18.2 Å². The summed E-state index contributed by atoms with van der Waals surface area (Å²) in [5.74, 6) is 0.195. The maximum Gasteiger partial charge on any atom is 0.414 e. The van der Waals surface area contributed by atoms with E-state index in [1.165, 1.54) is 7.11 Å². The highest BCUT2D eigenvalue weighted by Crippen LogP contribution is 2.32. The first-order chi connectivity index (χ1) is 14.1. The van der Waals surface area contributed by atoms with E-state index in [2.05, 4.69) is 25.5 Å². The molecule has 0 spiro atoms. The van der Waals surface area contributed by atoms with E-state index in [0.29, 0.717) is 44.7 Å². The van der Waals surface area contributed by atoms with Crippen molar-refractivity contribution in [3.8, 4) is 11.3 Å². The van der Waals surface area contributed by atoms with Crippen LogP contribution in [0.3, 0.4) is 0 Å². The largest absolute Gasteiger partial charge is 0.447 e. The van der Waals surface area contributed by atoms with Crippen molar-refractivity contribution in [1.29, 1.82) is 0 Å². The summed E-state index contributed by atoms with van der Waals surface area (Å²) in [6.07, 6.45) is -0.661. The number of aromatic amines is 2. The molecule has 3 N–H and O–H groups in total. The number of amides is 1. The first-order valence-electron chi connectivity index (χ1n) is 8.66. The Morgan fingerprint density at radius 3 is 2.79 bits per heavy atom. The highest BCUT2D eigenvalue weighted by molar-refractivity contribution is 6.35. The van der Waals surface area contributed by atoms with Crippen LogP contribution in [0.15, 0.2) is 41.2 Å². The summed E-state index contributed by atoms with van der Waals surface area (Å²) in [4.78, 5) is 31.1. The van der Waals surface area contributed by atoms with E-state index in [4.69, 9.17) is 21.1 Å². The molecule has 2 aromatic carbocycles. The number of halogens is 1. The summed E-state index contributed by atoms with van der Waals surface area (Å²) in [7, 11) is 1.51. The maximum atomic E-state index is 12.0. The monoisotopic (exact) mass is 413 g/mol. The van der Waals surface area contributed by atoms with Crippen molar-refractivity contribution in [3.63, 3.8) is 0 Å². The lowest BCUT2D eigenvalue weighted by Crippen LogP contribution is -2.17. The van der Waals surface area contributed by atoms with E-state index in [-0.39, 0.29) is 18.1 Å². The number of nitrogens with zero attached hydrogens (tertiary/aromatic N) is 2. The molecule has 10 heteroatoms. The Labute approximate surface area is 169 Å². The lowest BCUT2D eigenvalue weighted by molar-refractivity contribution is 0.107. The van der Waals surface area contributed by atoms with Gasteiger partial charge in [0.2, 0.25) is 5.95 Å². The fraction of sp³-hybridized carbons (Fsp3) is 0.158. The number of rotatable bonds is 5. The molecule has 9 nitrogen and oxygen atoms in total. The van der Waals surface area contributed by atoms with Crippen molar-refractivity contribution in [3.05, 3.63) is 51.8 Å². The summed E-state index contributed by atoms with van der Waals surface area (Å²) in [6.45, 7) is 0.418. The zero-order valence-electron chi connectivity index (χ0n) is 15.3. The minimum atomic E-state index is -0.661. The second-order valence-electron chi connectivity index (χ2n) is 6.14. The topological polar surface area (TPSA) is 122 Å². The molecule has 0 bridgehead atoms. The molecular formula is C19H16ClN5O4. The van der Waals surface area contributed by atoms with Crippen molar-refractivity contribution in [2.45, 2.75) is 0 Å². The number of H-pyrrole nitrogens is 2. The van der Waals surface area contributed by atoms with Crippen LogP contribution in [0.4, 0.5) is 10.7 Å². The van der Waals surface area contributed by atoms with Crippen LogP contribution in [-0.4, -0.2) is 46.6 Å². The summed E-state index contributed by atoms with van der Waals surface area (Å²) in [6, 6.07) is 10.7. The number of fused-ring (bicyclic) bond motifs is 2. The third-order valence-corrected chi connectivity index (χ3v) is 4.55. The van der Waals surface area contributed by atoms with Crippen LogP contribution in [0.25, 0.3) is 33.1 Å². The maximum absolute atomic E-state index is 12.0. The second kappa shape index (κ2) is 7.90. The zero-order chi connectivity index (χ0) is 20.4. The van der Waals surface area contributed by atoms with Gasteiger partial charge in [0.1, 0.15) is 6.61 Å². The number of imidazole rings is 1. The number of benzene rings is 2. The Morgan fingerprint density at radius 1 is 1.21 bits per heavy atom. The second-order valence-corrected chi connectivity index (χ2v) is 6.55. The van der Waals surface area contributed by atoms with Gasteiger partial charge in [0.15, 0.2) is 0 Å². The number of aromatic nitrogens is 4. The summed E-state index contributed by atoms with van der Waals surface area (Å²) < 4.78 is 9.78. The molecule has 0 aliphatic rings. The van der Waals surface area contributed by atoms with E-state index in [9.17, 15) is 9.59 Å². The summed E-state index contributed by atoms with van der Waals surface area (Å²) in [5.41, 5.74) is 2.05. The van der Waals surface area contributed by atoms with Crippen molar-refractivity contribution in [1.82, 2.24) is 20.2 Å². The Balaban J connectivity index is 1.71. The number of anilines is 1. The normalized spacial score (nSPS) is 11.1. The standard InChI is InChI=1S/C19H16ClN5O4/c1-28-6-7-29-19(27)23-18-21-14-9-10(8-13(20)16(14)22-18)15-11-4-2-3-5-12(11)17(26)25-24-15/h2-5,8-9H,6-7H2,1H3,(H,25,26)(H2,21,22,23,27). The van der Waals surface area contributed by atoms with Gasteiger partial charge in [-0.2, -0.15) is 5.10 Å². The molecule has 0 saturated carbocycles. The van der Waals surface area contributed by atoms with Gasteiger partial charge < -0.3 is 14.5 Å². The fourth-order valence-electron chi connectivity index (χ4n) is 2.95. The summed E-state index contributed by atoms with van der Waals surface area (Å²) >= 11 is 6.42. The molecule has 0 unspecified atom stereocenters. The molecule has 0 radical (unpaired) electrons. The number of carbonyl (C=O) groups excluding carboxylic acids is 1. The number of methoxy groups -OCH3 is 1. The third kappa shape index (κ3) is 3.78. The van der Waals surface area contributed by atoms with Gasteiger partial charge >= 0.3 is 6.09 Å². The zero-order valence-corrected chi connectivity index (χ0v) is 16.0. The Morgan fingerprint density at radius 2 is 2.00 bits per heavy atom. The van der Waals surface area contributed by atoms with Crippen molar-refractivity contribution in [2.24, 2.45) is 0 Å². The third-order valence-electron chi connectivity index (χ3n) is 4.26. The highest BCUT2D eigenvalue weighted by atomic mass is 35.5. The predicted molar refractivity (Wildman–Crippen MR) is 109 cm³/mol. The molecule has 29 heavy (non-hydrogen) atoms. The quantitative estimate of drug-likeness (QED) is 0.431. The van der Waals surface area contributed by atoms with Gasteiger partial charge in [-0.1, -0.05) is 29.8 Å². The van der Waals surface area contributed by atoms with E-state index in [1.54, 1.807) is 24.3 Å². The van der Waals surface area contributed by atoms with Crippen molar-refractivity contribution >= 4 is 45.4 Å². The Kier molecular flexibility index (Phi) is 5.15. The molecule has 0 atom stereocenters. The number of ether oxygens (including phenoxy) is 2. The van der Waals surface area contributed by atoms with Crippen LogP contribution in [0.5, 0.6) is 0 Å². The Hall–Kier alpha value is -3.43. The first-order valence-corrected chi connectivity index (χ1v) is 9.04. The van der Waals surface area contributed by atoms with Crippen LogP contribution in [0.2, 0.25) is 5.02 Å². The molecule has 0 saturated heterocycles.